The summed E-state index contributed by atoms with van der Waals surface area (Å²) >= 11 is 3.44. The predicted molar refractivity (Wildman–Crippen MR) is 83.8 cm³/mol. The second kappa shape index (κ2) is 6.73. The fourth-order valence-electron chi connectivity index (χ4n) is 2.62. The molecule has 1 aliphatic heterocycles. The van der Waals surface area contributed by atoms with Gasteiger partial charge >= 0.3 is 0 Å². The highest BCUT2D eigenvalue weighted by Crippen LogP contribution is 2.25. The molecule has 2 unspecified atom stereocenters. The molecule has 3 nitrogen and oxygen atoms in total. The summed E-state index contributed by atoms with van der Waals surface area (Å²) in [5.41, 5.74) is 7.55. The molecule has 2 N–H and O–H groups in total. The van der Waals surface area contributed by atoms with Crippen LogP contribution in [0.1, 0.15) is 29.3 Å². The lowest BCUT2D eigenvalue weighted by atomic mass is 10.1. The Balaban J connectivity index is 0.00000180. The monoisotopic (exact) mass is 346 g/mol. The first-order valence-corrected chi connectivity index (χ1v) is 7.08. The first-order chi connectivity index (χ1) is 8.51. The normalized spacial score (nSPS) is 22.2. The number of benzene rings is 1. The third kappa shape index (κ3) is 3.71. The molecular weight excluding hydrogens is 328 g/mol. The van der Waals surface area contributed by atoms with Gasteiger partial charge in [-0.1, -0.05) is 15.9 Å². The molecule has 2 atom stereocenters. The van der Waals surface area contributed by atoms with Crippen LogP contribution in [0.2, 0.25) is 0 Å². The van der Waals surface area contributed by atoms with Gasteiger partial charge in [0.25, 0.3) is 5.91 Å². The first kappa shape index (κ1) is 16.5. The Morgan fingerprint density at radius 3 is 2.68 bits per heavy atom. The van der Waals surface area contributed by atoms with E-state index in [4.69, 9.17) is 5.73 Å². The summed E-state index contributed by atoms with van der Waals surface area (Å²) in [6, 6.07) is 6.12. The molecule has 5 heteroatoms. The van der Waals surface area contributed by atoms with Crippen molar-refractivity contribution in [3.63, 3.8) is 0 Å². The summed E-state index contributed by atoms with van der Waals surface area (Å²) in [4.78, 5) is 14.4. The molecular formula is C14H20BrClN2O. The molecule has 19 heavy (non-hydrogen) atoms. The van der Waals surface area contributed by atoms with Gasteiger partial charge in [0, 0.05) is 22.6 Å². The zero-order chi connectivity index (χ0) is 13.3. The van der Waals surface area contributed by atoms with Crippen LogP contribution < -0.4 is 5.73 Å². The van der Waals surface area contributed by atoms with Crippen molar-refractivity contribution in [3.8, 4) is 0 Å². The summed E-state index contributed by atoms with van der Waals surface area (Å²) < 4.78 is 0.952. The minimum atomic E-state index is 0. The largest absolute Gasteiger partial charge is 0.336 e. The molecule has 0 aliphatic carbocycles. The van der Waals surface area contributed by atoms with Crippen molar-refractivity contribution < 1.29 is 4.79 Å². The highest BCUT2D eigenvalue weighted by Gasteiger charge is 2.32. The molecule has 0 radical (unpaired) electrons. The number of amides is 1. The van der Waals surface area contributed by atoms with Gasteiger partial charge in [-0.2, -0.15) is 0 Å². The Morgan fingerprint density at radius 1 is 1.47 bits per heavy atom. The molecule has 106 valence electrons. The molecule has 0 spiro atoms. The van der Waals surface area contributed by atoms with E-state index in [1.54, 1.807) is 0 Å². The Hall–Kier alpha value is -0.580. The number of halogens is 2. The van der Waals surface area contributed by atoms with Gasteiger partial charge in [-0.25, -0.2) is 0 Å². The summed E-state index contributed by atoms with van der Waals surface area (Å²) in [6.45, 7) is 5.53. The highest BCUT2D eigenvalue weighted by molar-refractivity contribution is 9.10. The lowest BCUT2D eigenvalue weighted by Crippen LogP contribution is -2.34. The number of aryl methyl sites for hydroxylation is 1. The van der Waals surface area contributed by atoms with Crippen LogP contribution in [0, 0.1) is 12.8 Å². The second-order valence-corrected chi connectivity index (χ2v) is 6.08. The molecule has 0 bridgehead atoms. The number of nitrogens with zero attached hydrogens (tertiary/aromatic N) is 1. The average molecular weight is 348 g/mol. The van der Waals surface area contributed by atoms with E-state index in [1.165, 1.54) is 0 Å². The van der Waals surface area contributed by atoms with Crippen molar-refractivity contribution in [1.29, 1.82) is 0 Å². The lowest BCUT2D eigenvalue weighted by Gasteiger charge is -2.22. The van der Waals surface area contributed by atoms with Crippen molar-refractivity contribution in [1.82, 2.24) is 4.90 Å². The SMILES string of the molecule is Cc1cc(Br)cc(C(=O)N2CC(CN)CC2C)c1.Cl. The molecule has 1 saturated heterocycles. The average Bonchev–Trinajstić information content (AvgIpc) is 2.68. The first-order valence-electron chi connectivity index (χ1n) is 6.29. The fourth-order valence-corrected chi connectivity index (χ4v) is 3.23. The van der Waals surface area contributed by atoms with Crippen LogP contribution >= 0.6 is 28.3 Å². The van der Waals surface area contributed by atoms with Crippen molar-refractivity contribution in [2.24, 2.45) is 11.7 Å². The van der Waals surface area contributed by atoms with Gasteiger partial charge in [-0.15, -0.1) is 12.4 Å². The molecule has 2 rings (SSSR count). The van der Waals surface area contributed by atoms with Gasteiger partial charge in [0.2, 0.25) is 0 Å². The summed E-state index contributed by atoms with van der Waals surface area (Å²) in [5.74, 6) is 0.556. The molecule has 1 amide bonds. The minimum Gasteiger partial charge on any atom is -0.336 e. The van der Waals surface area contributed by atoms with E-state index in [2.05, 4.69) is 22.9 Å². The van der Waals surface area contributed by atoms with Gasteiger partial charge in [0.05, 0.1) is 0 Å². The van der Waals surface area contributed by atoms with Crippen LogP contribution in [0.15, 0.2) is 22.7 Å². The standard InChI is InChI=1S/C14H19BrN2O.ClH/c1-9-3-12(6-13(15)4-9)14(18)17-8-11(7-16)5-10(17)2;/h3-4,6,10-11H,5,7-8,16H2,1-2H3;1H. The zero-order valence-corrected chi connectivity index (χ0v) is 13.6. The van der Waals surface area contributed by atoms with Crippen molar-refractivity contribution in [2.45, 2.75) is 26.3 Å². The van der Waals surface area contributed by atoms with E-state index in [0.717, 1.165) is 28.6 Å². The number of rotatable bonds is 2. The Morgan fingerprint density at radius 2 is 2.16 bits per heavy atom. The molecule has 1 aliphatic rings. The predicted octanol–water partition coefficient (Wildman–Crippen LogP) is 2.99. The molecule has 1 aromatic rings. The fraction of sp³-hybridized carbons (Fsp3) is 0.500. The van der Waals surface area contributed by atoms with Crippen LogP contribution in [0.5, 0.6) is 0 Å². The number of nitrogens with two attached hydrogens (primary N) is 1. The number of likely N-dealkylation sites (tertiary alicyclic amines) is 1. The third-order valence-electron chi connectivity index (χ3n) is 3.54. The van der Waals surface area contributed by atoms with Gasteiger partial charge < -0.3 is 10.6 Å². The number of hydrogen-bond donors (Lipinski definition) is 1. The van der Waals surface area contributed by atoms with Crippen LogP contribution in [0.3, 0.4) is 0 Å². The second-order valence-electron chi connectivity index (χ2n) is 5.16. The van der Waals surface area contributed by atoms with Gasteiger partial charge in [0.15, 0.2) is 0 Å². The zero-order valence-electron chi connectivity index (χ0n) is 11.2. The minimum absolute atomic E-state index is 0. The van der Waals surface area contributed by atoms with Crippen molar-refractivity contribution >= 4 is 34.2 Å². The number of hydrogen-bond acceptors (Lipinski definition) is 2. The lowest BCUT2D eigenvalue weighted by molar-refractivity contribution is 0.0743. The summed E-state index contributed by atoms with van der Waals surface area (Å²) in [5, 5.41) is 0. The Bertz CT molecular complexity index is 447. The van der Waals surface area contributed by atoms with Crippen molar-refractivity contribution in [2.75, 3.05) is 13.1 Å². The van der Waals surface area contributed by atoms with Gasteiger partial charge in [-0.3, -0.25) is 4.79 Å². The van der Waals surface area contributed by atoms with Gasteiger partial charge in [0.1, 0.15) is 0 Å². The van der Waals surface area contributed by atoms with Crippen LogP contribution in [0.25, 0.3) is 0 Å². The summed E-state index contributed by atoms with van der Waals surface area (Å²) in [6.07, 6.45) is 1.01. The van der Waals surface area contributed by atoms with Crippen LogP contribution in [0.4, 0.5) is 0 Å². The number of carbonyl (C=O) groups excluding carboxylic acids is 1. The molecule has 0 aromatic heterocycles. The Labute approximate surface area is 129 Å². The van der Waals surface area contributed by atoms with Crippen LogP contribution in [-0.4, -0.2) is 29.9 Å². The van der Waals surface area contributed by atoms with Crippen LogP contribution in [-0.2, 0) is 0 Å². The maximum atomic E-state index is 12.5. The smallest absolute Gasteiger partial charge is 0.254 e. The van der Waals surface area contributed by atoms with E-state index >= 15 is 0 Å². The van der Waals surface area contributed by atoms with E-state index in [0.29, 0.717) is 12.5 Å². The maximum Gasteiger partial charge on any atom is 0.254 e. The van der Waals surface area contributed by atoms with E-state index in [-0.39, 0.29) is 24.4 Å². The highest BCUT2D eigenvalue weighted by atomic mass is 79.9. The third-order valence-corrected chi connectivity index (χ3v) is 4.00. The molecule has 1 aromatic carbocycles. The van der Waals surface area contributed by atoms with Gasteiger partial charge in [-0.05, 0) is 56.5 Å². The quantitative estimate of drug-likeness (QED) is 0.894. The van der Waals surface area contributed by atoms with Crippen molar-refractivity contribution in [3.05, 3.63) is 33.8 Å². The molecule has 1 fully saturated rings. The van der Waals surface area contributed by atoms with E-state index in [9.17, 15) is 4.79 Å². The summed E-state index contributed by atoms with van der Waals surface area (Å²) in [7, 11) is 0. The van der Waals surface area contributed by atoms with E-state index in [1.807, 2.05) is 30.0 Å². The maximum absolute atomic E-state index is 12.5. The molecule has 0 saturated carbocycles. The topological polar surface area (TPSA) is 46.3 Å². The molecule has 1 heterocycles. The Kier molecular flexibility index (Phi) is 5.83. The number of carbonyl (C=O) groups is 1. The van der Waals surface area contributed by atoms with E-state index < -0.39 is 0 Å².